The quantitative estimate of drug-likeness (QED) is 0.763. The second-order valence-electron chi connectivity index (χ2n) is 6.22. The molecule has 3 aromatic heterocycles. The van der Waals surface area contributed by atoms with Crippen LogP contribution < -0.4 is 5.32 Å². The number of amides is 1. The molecule has 0 radical (unpaired) electrons. The Bertz CT molecular complexity index is 882. The summed E-state index contributed by atoms with van der Waals surface area (Å²) in [4.78, 5) is 17.9. The molecule has 3 aromatic rings. The normalized spacial score (nSPS) is 17.2. The van der Waals surface area contributed by atoms with Crippen molar-refractivity contribution in [3.05, 3.63) is 35.5 Å². The first-order chi connectivity index (χ1) is 12.2. The predicted octanol–water partition coefficient (Wildman–Crippen LogP) is 2.76. The Morgan fingerprint density at radius 3 is 3.16 bits per heavy atom. The maximum absolute atomic E-state index is 12.3. The van der Waals surface area contributed by atoms with E-state index in [2.05, 4.69) is 26.8 Å². The fraction of sp³-hybridized carbons (Fsp3) is 0.389. The van der Waals surface area contributed by atoms with Crippen LogP contribution in [0.2, 0.25) is 0 Å². The number of hydrogen-bond donors (Lipinski definition) is 1. The molecule has 0 saturated carbocycles. The van der Waals surface area contributed by atoms with Gasteiger partial charge in [0.15, 0.2) is 5.65 Å². The van der Waals surface area contributed by atoms with Gasteiger partial charge in [-0.2, -0.15) is 5.10 Å². The van der Waals surface area contributed by atoms with Gasteiger partial charge in [0, 0.05) is 29.8 Å². The number of thiophene rings is 1. The molecule has 1 fully saturated rings. The van der Waals surface area contributed by atoms with Gasteiger partial charge < -0.3 is 10.1 Å². The average molecular weight is 356 g/mol. The topological polar surface area (TPSA) is 69.0 Å². The van der Waals surface area contributed by atoms with Gasteiger partial charge in [-0.05, 0) is 37.3 Å². The Balaban J connectivity index is 1.56. The van der Waals surface area contributed by atoms with Crippen LogP contribution in [-0.2, 0) is 16.1 Å². The van der Waals surface area contributed by atoms with Crippen LogP contribution in [0, 0.1) is 6.92 Å². The number of rotatable bonds is 5. The molecule has 130 valence electrons. The van der Waals surface area contributed by atoms with Gasteiger partial charge in [-0.1, -0.05) is 6.07 Å². The van der Waals surface area contributed by atoms with Crippen LogP contribution in [0.25, 0.3) is 21.5 Å². The molecule has 4 heterocycles. The number of pyridine rings is 1. The molecule has 1 unspecified atom stereocenters. The van der Waals surface area contributed by atoms with Crippen LogP contribution in [0.5, 0.6) is 0 Å². The molecular formula is C18H20N4O2S. The molecule has 0 aromatic carbocycles. The minimum Gasteiger partial charge on any atom is -0.376 e. The third-order valence-electron chi connectivity index (χ3n) is 4.44. The summed E-state index contributed by atoms with van der Waals surface area (Å²) in [6.07, 6.45) is 4.00. The van der Waals surface area contributed by atoms with Crippen molar-refractivity contribution in [3.8, 4) is 10.4 Å². The number of fused-ring (bicyclic) bond motifs is 1. The summed E-state index contributed by atoms with van der Waals surface area (Å²) < 4.78 is 7.22. The van der Waals surface area contributed by atoms with Gasteiger partial charge in [0.2, 0.25) is 5.91 Å². The third-order valence-corrected chi connectivity index (χ3v) is 5.34. The number of nitrogens with one attached hydrogen (secondary N) is 1. The second-order valence-corrected chi connectivity index (χ2v) is 7.16. The van der Waals surface area contributed by atoms with Gasteiger partial charge in [0.1, 0.15) is 6.54 Å². The molecule has 1 N–H and O–H groups in total. The lowest BCUT2D eigenvalue weighted by atomic mass is 10.1. The van der Waals surface area contributed by atoms with Crippen LogP contribution in [0.1, 0.15) is 18.5 Å². The standard InChI is InChI=1S/C18H20N4O2S/c1-12-17-14(15-5-3-9-25-15)6-7-19-18(17)22(21-12)11-16(23)20-10-13-4-2-8-24-13/h3,5-7,9,13H,2,4,8,10-11H2,1H3,(H,20,23). The Kier molecular flexibility index (Phi) is 4.50. The molecular weight excluding hydrogens is 336 g/mol. The molecule has 0 bridgehead atoms. The van der Waals surface area contributed by atoms with Gasteiger partial charge in [0.25, 0.3) is 0 Å². The van der Waals surface area contributed by atoms with E-state index in [1.807, 2.05) is 19.1 Å². The van der Waals surface area contributed by atoms with Crippen LogP contribution in [0.3, 0.4) is 0 Å². The molecule has 0 spiro atoms. The van der Waals surface area contributed by atoms with Gasteiger partial charge in [-0.15, -0.1) is 11.3 Å². The molecule has 6 nitrogen and oxygen atoms in total. The monoisotopic (exact) mass is 356 g/mol. The maximum Gasteiger partial charge on any atom is 0.241 e. The van der Waals surface area contributed by atoms with Crippen molar-refractivity contribution < 1.29 is 9.53 Å². The van der Waals surface area contributed by atoms with Crippen LogP contribution >= 0.6 is 11.3 Å². The number of hydrogen-bond acceptors (Lipinski definition) is 5. The summed E-state index contributed by atoms with van der Waals surface area (Å²) >= 11 is 1.69. The molecule has 0 aliphatic carbocycles. The molecule has 25 heavy (non-hydrogen) atoms. The summed E-state index contributed by atoms with van der Waals surface area (Å²) in [7, 11) is 0. The first-order valence-electron chi connectivity index (χ1n) is 8.46. The highest BCUT2D eigenvalue weighted by atomic mass is 32.1. The van der Waals surface area contributed by atoms with Crippen LogP contribution in [0.4, 0.5) is 0 Å². The number of nitrogens with zero attached hydrogens (tertiary/aromatic N) is 3. The Morgan fingerprint density at radius 2 is 2.40 bits per heavy atom. The number of aryl methyl sites for hydroxylation is 1. The van der Waals surface area contributed by atoms with E-state index < -0.39 is 0 Å². The van der Waals surface area contributed by atoms with E-state index in [9.17, 15) is 4.79 Å². The van der Waals surface area contributed by atoms with Crippen molar-refractivity contribution in [1.82, 2.24) is 20.1 Å². The van der Waals surface area contributed by atoms with Crippen LogP contribution in [0.15, 0.2) is 29.8 Å². The Morgan fingerprint density at radius 1 is 1.48 bits per heavy atom. The second kappa shape index (κ2) is 6.93. The number of carbonyl (C=O) groups excluding carboxylic acids is 1. The molecule has 4 rings (SSSR count). The largest absolute Gasteiger partial charge is 0.376 e. The minimum absolute atomic E-state index is 0.0665. The zero-order valence-corrected chi connectivity index (χ0v) is 14.9. The van der Waals surface area contributed by atoms with Crippen molar-refractivity contribution in [2.75, 3.05) is 13.2 Å². The van der Waals surface area contributed by atoms with Gasteiger partial charge in [0.05, 0.1) is 17.2 Å². The average Bonchev–Trinajstić information content (AvgIpc) is 3.35. The summed E-state index contributed by atoms with van der Waals surface area (Å²) in [6, 6.07) is 6.12. The van der Waals surface area contributed by atoms with Gasteiger partial charge in [-0.3, -0.25) is 4.79 Å². The first-order valence-corrected chi connectivity index (χ1v) is 9.34. The molecule has 1 aliphatic rings. The fourth-order valence-corrected chi connectivity index (χ4v) is 4.01. The van der Waals surface area contributed by atoms with E-state index in [1.165, 1.54) is 4.88 Å². The van der Waals surface area contributed by atoms with Crippen molar-refractivity contribution >= 4 is 28.3 Å². The van der Waals surface area contributed by atoms with E-state index >= 15 is 0 Å². The number of ether oxygens (including phenoxy) is 1. The highest BCUT2D eigenvalue weighted by Crippen LogP contribution is 2.32. The van der Waals surface area contributed by atoms with E-state index in [1.54, 1.807) is 22.2 Å². The molecule has 7 heteroatoms. The van der Waals surface area contributed by atoms with Crippen molar-refractivity contribution in [2.45, 2.75) is 32.4 Å². The lowest BCUT2D eigenvalue weighted by Gasteiger charge is -2.11. The van der Waals surface area contributed by atoms with Crippen molar-refractivity contribution in [1.29, 1.82) is 0 Å². The highest BCUT2D eigenvalue weighted by Gasteiger charge is 2.18. The Labute approximate surface area is 149 Å². The van der Waals surface area contributed by atoms with Gasteiger partial charge >= 0.3 is 0 Å². The SMILES string of the molecule is Cc1nn(CC(=O)NCC2CCCO2)c2nccc(-c3cccs3)c12. The smallest absolute Gasteiger partial charge is 0.241 e. The zero-order valence-electron chi connectivity index (χ0n) is 14.1. The molecule has 1 amide bonds. The van der Waals surface area contributed by atoms with Crippen LogP contribution in [-0.4, -0.2) is 39.9 Å². The van der Waals surface area contributed by atoms with Gasteiger partial charge in [-0.25, -0.2) is 9.67 Å². The summed E-state index contributed by atoms with van der Waals surface area (Å²) in [6.45, 7) is 3.48. The molecule has 1 aliphatic heterocycles. The summed E-state index contributed by atoms with van der Waals surface area (Å²) in [5.41, 5.74) is 2.75. The van der Waals surface area contributed by atoms with Crippen molar-refractivity contribution in [2.24, 2.45) is 0 Å². The summed E-state index contributed by atoms with van der Waals surface area (Å²) in [5, 5.41) is 10.6. The fourth-order valence-electron chi connectivity index (χ4n) is 3.25. The molecule has 1 saturated heterocycles. The van der Waals surface area contributed by atoms with E-state index in [4.69, 9.17) is 4.74 Å². The first kappa shape index (κ1) is 16.2. The third kappa shape index (κ3) is 3.29. The van der Waals surface area contributed by atoms with E-state index in [0.29, 0.717) is 6.54 Å². The predicted molar refractivity (Wildman–Crippen MR) is 97.6 cm³/mol. The summed E-state index contributed by atoms with van der Waals surface area (Å²) in [5.74, 6) is -0.0665. The minimum atomic E-state index is -0.0665. The number of aromatic nitrogens is 3. The highest BCUT2D eigenvalue weighted by molar-refractivity contribution is 7.13. The lowest BCUT2D eigenvalue weighted by Crippen LogP contribution is -2.34. The maximum atomic E-state index is 12.3. The van der Waals surface area contributed by atoms with E-state index in [-0.39, 0.29) is 18.6 Å². The lowest BCUT2D eigenvalue weighted by molar-refractivity contribution is -0.122. The zero-order chi connectivity index (χ0) is 17.2. The Hall–Kier alpha value is -2.25. The molecule has 1 atom stereocenters. The van der Waals surface area contributed by atoms with E-state index in [0.717, 1.165) is 41.7 Å². The number of carbonyl (C=O) groups is 1. The van der Waals surface area contributed by atoms with Crippen molar-refractivity contribution in [3.63, 3.8) is 0 Å².